The average Bonchev–Trinajstić information content (AvgIpc) is 2.49. The van der Waals surface area contributed by atoms with Crippen molar-refractivity contribution in [3.05, 3.63) is 64.4 Å². The van der Waals surface area contributed by atoms with Crippen LogP contribution in [0.3, 0.4) is 0 Å². The topological polar surface area (TPSA) is 24.9 Å². The van der Waals surface area contributed by atoms with Crippen LogP contribution in [0.1, 0.15) is 30.0 Å². The molecule has 2 rings (SSSR count). The van der Waals surface area contributed by atoms with Crippen LogP contribution in [0.25, 0.3) is 0 Å². The Hall–Kier alpha value is -1.38. The normalized spacial score (nSPS) is 12.3. The maximum Gasteiger partial charge on any atom is 0.0621 e. The van der Waals surface area contributed by atoms with Gasteiger partial charge in [-0.1, -0.05) is 48.4 Å². The van der Waals surface area contributed by atoms with Gasteiger partial charge in [-0.05, 0) is 49.9 Å². The van der Waals surface area contributed by atoms with Crippen LogP contribution in [0.5, 0.6) is 0 Å². The first-order chi connectivity index (χ1) is 10.2. The molecule has 0 saturated heterocycles. The van der Waals surface area contributed by atoms with Gasteiger partial charge in [0.2, 0.25) is 0 Å². The fourth-order valence-electron chi connectivity index (χ4n) is 2.50. The van der Waals surface area contributed by atoms with Gasteiger partial charge in [-0.25, -0.2) is 0 Å². The van der Waals surface area contributed by atoms with Gasteiger partial charge in [0.25, 0.3) is 0 Å². The van der Waals surface area contributed by atoms with Gasteiger partial charge in [-0.15, -0.1) is 0 Å². The maximum absolute atomic E-state index is 6.21. The number of benzene rings is 1. The zero-order valence-electron chi connectivity index (χ0n) is 12.8. The molecule has 0 amide bonds. The van der Waals surface area contributed by atoms with Crippen molar-refractivity contribution in [2.24, 2.45) is 0 Å². The molecule has 0 bridgehead atoms. The van der Waals surface area contributed by atoms with E-state index >= 15 is 0 Å². The number of pyridine rings is 1. The average molecular weight is 303 g/mol. The summed E-state index contributed by atoms with van der Waals surface area (Å²) in [6.07, 6.45) is 6.67. The summed E-state index contributed by atoms with van der Waals surface area (Å²) in [6, 6.07) is 11.2. The predicted octanol–water partition coefficient (Wildman–Crippen LogP) is 4.20. The fraction of sp³-hybridized carbons (Fsp3) is 0.389. The van der Waals surface area contributed by atoms with E-state index in [1.807, 2.05) is 12.3 Å². The molecule has 1 atom stereocenters. The predicted molar refractivity (Wildman–Crippen MR) is 89.9 cm³/mol. The van der Waals surface area contributed by atoms with Crippen LogP contribution in [0.2, 0.25) is 5.02 Å². The van der Waals surface area contributed by atoms with Crippen LogP contribution in [0.15, 0.2) is 42.7 Å². The quantitative estimate of drug-likeness (QED) is 0.829. The molecule has 112 valence electrons. The third-order valence-electron chi connectivity index (χ3n) is 3.72. The zero-order valence-corrected chi connectivity index (χ0v) is 13.5. The Morgan fingerprint density at radius 2 is 1.95 bits per heavy atom. The minimum absolute atomic E-state index is 0.441. The second-order valence-corrected chi connectivity index (χ2v) is 5.86. The first kappa shape index (κ1) is 16.0. The lowest BCUT2D eigenvalue weighted by Crippen LogP contribution is -2.31. The van der Waals surface area contributed by atoms with Crippen LogP contribution in [0.4, 0.5) is 0 Å². The Morgan fingerprint density at radius 3 is 2.62 bits per heavy atom. The van der Waals surface area contributed by atoms with Gasteiger partial charge in [-0.3, -0.25) is 4.98 Å². The second-order valence-electron chi connectivity index (χ2n) is 5.45. The van der Waals surface area contributed by atoms with Crippen molar-refractivity contribution >= 4 is 11.6 Å². The van der Waals surface area contributed by atoms with E-state index in [1.54, 1.807) is 6.20 Å². The summed E-state index contributed by atoms with van der Waals surface area (Å²) in [5.41, 5.74) is 3.87. The molecule has 0 fully saturated rings. The summed E-state index contributed by atoms with van der Waals surface area (Å²) in [7, 11) is 0. The summed E-state index contributed by atoms with van der Waals surface area (Å²) in [6.45, 7) is 5.24. The molecule has 0 saturated carbocycles. The molecule has 0 spiro atoms. The van der Waals surface area contributed by atoms with Crippen molar-refractivity contribution < 1.29 is 0 Å². The van der Waals surface area contributed by atoms with Gasteiger partial charge < -0.3 is 5.32 Å². The highest BCUT2D eigenvalue weighted by Crippen LogP contribution is 2.17. The minimum atomic E-state index is 0.441. The Balaban J connectivity index is 1.95. The third-order valence-corrected chi connectivity index (χ3v) is 4.06. The van der Waals surface area contributed by atoms with Crippen molar-refractivity contribution in [1.29, 1.82) is 0 Å². The van der Waals surface area contributed by atoms with Crippen molar-refractivity contribution in [1.82, 2.24) is 10.3 Å². The molecule has 0 aliphatic carbocycles. The highest BCUT2D eigenvalue weighted by Gasteiger charge is 2.11. The molecule has 0 aliphatic heterocycles. The molecule has 1 heterocycles. The highest BCUT2D eigenvalue weighted by atomic mass is 35.5. The molecule has 0 aliphatic rings. The first-order valence-electron chi connectivity index (χ1n) is 7.56. The molecule has 1 unspecified atom stereocenters. The van der Waals surface area contributed by atoms with Crippen LogP contribution < -0.4 is 5.32 Å². The van der Waals surface area contributed by atoms with Crippen molar-refractivity contribution in [2.45, 2.75) is 39.2 Å². The number of hydrogen-bond donors (Lipinski definition) is 1. The van der Waals surface area contributed by atoms with Gasteiger partial charge >= 0.3 is 0 Å². The number of halogens is 1. The molecule has 1 aromatic heterocycles. The number of aryl methyl sites for hydroxylation is 2. The van der Waals surface area contributed by atoms with Gasteiger partial charge in [0.1, 0.15) is 0 Å². The first-order valence-corrected chi connectivity index (χ1v) is 7.94. The van der Waals surface area contributed by atoms with Crippen molar-refractivity contribution in [3.63, 3.8) is 0 Å². The molecular weight excluding hydrogens is 280 g/mol. The molecule has 1 N–H and O–H groups in total. The summed E-state index contributed by atoms with van der Waals surface area (Å²) in [4.78, 5) is 4.05. The smallest absolute Gasteiger partial charge is 0.0621 e. The minimum Gasteiger partial charge on any atom is -0.314 e. The summed E-state index contributed by atoms with van der Waals surface area (Å²) in [5.74, 6) is 0. The van der Waals surface area contributed by atoms with E-state index < -0.39 is 0 Å². The lowest BCUT2D eigenvalue weighted by molar-refractivity contribution is 0.491. The standard InChI is InChI=1S/C18H23ClN2/c1-3-21-17(12-16-10-11-20-13-18(16)19)9-8-15-6-4-14(2)5-7-15/h4-7,10-11,13,17,21H,3,8-9,12H2,1-2H3. The Labute approximate surface area is 132 Å². The molecule has 21 heavy (non-hydrogen) atoms. The molecule has 3 heteroatoms. The van der Waals surface area contributed by atoms with Crippen LogP contribution >= 0.6 is 11.6 Å². The highest BCUT2D eigenvalue weighted by molar-refractivity contribution is 6.31. The third kappa shape index (κ3) is 5.14. The van der Waals surface area contributed by atoms with Gasteiger partial charge in [0.05, 0.1) is 5.02 Å². The van der Waals surface area contributed by atoms with Gasteiger partial charge in [0, 0.05) is 18.4 Å². The van der Waals surface area contributed by atoms with E-state index in [9.17, 15) is 0 Å². The number of hydrogen-bond acceptors (Lipinski definition) is 2. The fourth-order valence-corrected chi connectivity index (χ4v) is 2.69. The molecule has 0 radical (unpaired) electrons. The van der Waals surface area contributed by atoms with Gasteiger partial charge in [0.15, 0.2) is 0 Å². The van der Waals surface area contributed by atoms with E-state index in [2.05, 4.69) is 48.4 Å². The van der Waals surface area contributed by atoms with E-state index in [-0.39, 0.29) is 0 Å². The summed E-state index contributed by atoms with van der Waals surface area (Å²) < 4.78 is 0. The van der Waals surface area contributed by atoms with Crippen LogP contribution in [-0.2, 0) is 12.8 Å². The van der Waals surface area contributed by atoms with Crippen LogP contribution in [-0.4, -0.2) is 17.6 Å². The molecule has 2 aromatic rings. The molecule has 2 nitrogen and oxygen atoms in total. The number of nitrogens with zero attached hydrogens (tertiary/aromatic N) is 1. The lowest BCUT2D eigenvalue weighted by atomic mass is 9.99. The Morgan fingerprint density at radius 1 is 1.19 bits per heavy atom. The van der Waals surface area contributed by atoms with E-state index in [0.29, 0.717) is 6.04 Å². The maximum atomic E-state index is 6.21. The van der Waals surface area contributed by atoms with E-state index in [0.717, 1.165) is 30.8 Å². The second kappa shape index (κ2) is 8.16. The monoisotopic (exact) mass is 302 g/mol. The zero-order chi connectivity index (χ0) is 15.1. The largest absolute Gasteiger partial charge is 0.314 e. The Kier molecular flexibility index (Phi) is 6.21. The number of nitrogens with one attached hydrogen (secondary N) is 1. The summed E-state index contributed by atoms with van der Waals surface area (Å²) >= 11 is 6.21. The number of aromatic nitrogens is 1. The SMILES string of the molecule is CCNC(CCc1ccc(C)cc1)Cc1ccncc1Cl. The molecular formula is C18H23ClN2. The number of likely N-dealkylation sites (N-methyl/N-ethyl adjacent to an activating group) is 1. The van der Waals surface area contributed by atoms with Crippen molar-refractivity contribution in [2.75, 3.05) is 6.54 Å². The van der Waals surface area contributed by atoms with E-state index in [1.165, 1.54) is 16.7 Å². The number of rotatable bonds is 7. The molecule has 1 aromatic carbocycles. The summed E-state index contributed by atoms with van der Waals surface area (Å²) in [5, 5.41) is 4.32. The van der Waals surface area contributed by atoms with Crippen molar-refractivity contribution in [3.8, 4) is 0 Å². The lowest BCUT2D eigenvalue weighted by Gasteiger charge is -2.18. The van der Waals surface area contributed by atoms with Gasteiger partial charge in [-0.2, -0.15) is 0 Å². The van der Waals surface area contributed by atoms with Crippen LogP contribution in [0, 0.1) is 6.92 Å². The Bertz CT molecular complexity index is 551. The van der Waals surface area contributed by atoms with E-state index in [4.69, 9.17) is 11.6 Å².